The summed E-state index contributed by atoms with van der Waals surface area (Å²) in [5.41, 5.74) is 0.397. The van der Waals surface area contributed by atoms with E-state index in [9.17, 15) is 8.42 Å². The van der Waals surface area contributed by atoms with E-state index in [0.29, 0.717) is 30.9 Å². The molecule has 0 amide bonds. The van der Waals surface area contributed by atoms with Crippen LogP contribution in [-0.2, 0) is 10.0 Å². The molecule has 0 saturated heterocycles. The Hall–Kier alpha value is -1.45. The molecule has 1 aromatic carbocycles. The molecule has 0 aromatic heterocycles. The van der Waals surface area contributed by atoms with Gasteiger partial charge in [-0.15, -0.1) is 11.6 Å². The molecule has 1 aromatic rings. The second-order valence-electron chi connectivity index (χ2n) is 3.46. The molecule has 0 radical (unpaired) electrons. The van der Waals surface area contributed by atoms with E-state index in [2.05, 4.69) is 4.72 Å². The van der Waals surface area contributed by atoms with Crippen molar-refractivity contribution in [3.05, 3.63) is 24.3 Å². The summed E-state index contributed by atoms with van der Waals surface area (Å²) in [6, 6.07) is 8.57. The first-order chi connectivity index (χ1) is 8.57. The molecular formula is C11H13ClN2O3S. The lowest BCUT2D eigenvalue weighted by Gasteiger charge is -2.08. The van der Waals surface area contributed by atoms with Crippen LogP contribution in [-0.4, -0.2) is 20.2 Å². The number of halogens is 1. The number of hydrogen-bond acceptors (Lipinski definition) is 4. The van der Waals surface area contributed by atoms with Crippen LogP contribution in [0.15, 0.2) is 24.3 Å². The van der Waals surface area contributed by atoms with E-state index in [0.717, 1.165) is 0 Å². The van der Waals surface area contributed by atoms with E-state index in [1.54, 1.807) is 24.3 Å². The van der Waals surface area contributed by atoms with E-state index in [-0.39, 0.29) is 0 Å². The number of nitriles is 1. The summed E-state index contributed by atoms with van der Waals surface area (Å²) in [6.45, 7) is 0.416. The molecule has 0 spiro atoms. The van der Waals surface area contributed by atoms with Gasteiger partial charge < -0.3 is 4.74 Å². The molecule has 0 heterocycles. The van der Waals surface area contributed by atoms with Crippen molar-refractivity contribution in [3.8, 4) is 11.8 Å². The molecule has 0 aliphatic rings. The third-order valence-electron chi connectivity index (χ3n) is 1.95. The Labute approximate surface area is 111 Å². The number of alkyl halides is 1. The van der Waals surface area contributed by atoms with E-state index >= 15 is 0 Å². The highest BCUT2D eigenvalue weighted by molar-refractivity contribution is 7.93. The van der Waals surface area contributed by atoms with Crippen LogP contribution in [0.5, 0.6) is 5.75 Å². The highest BCUT2D eigenvalue weighted by Gasteiger charge is 2.08. The quantitative estimate of drug-likeness (QED) is 0.617. The van der Waals surface area contributed by atoms with Crippen LogP contribution < -0.4 is 9.46 Å². The normalized spacial score (nSPS) is 10.7. The molecule has 0 bridgehead atoms. The van der Waals surface area contributed by atoms with Gasteiger partial charge >= 0.3 is 0 Å². The van der Waals surface area contributed by atoms with E-state index in [1.807, 2.05) is 6.07 Å². The largest absolute Gasteiger partial charge is 0.493 e. The van der Waals surface area contributed by atoms with Gasteiger partial charge in [0, 0.05) is 12.5 Å². The number of ether oxygens (including phenoxy) is 1. The Kier molecular flexibility index (Phi) is 5.75. The summed E-state index contributed by atoms with van der Waals surface area (Å²) >= 11 is 5.29. The van der Waals surface area contributed by atoms with Crippen LogP contribution in [0.3, 0.4) is 0 Å². The number of nitrogens with one attached hydrogen (secondary N) is 1. The summed E-state index contributed by atoms with van der Waals surface area (Å²) in [7, 11) is -3.50. The van der Waals surface area contributed by atoms with E-state index in [4.69, 9.17) is 21.6 Å². The average molecular weight is 289 g/mol. The fraction of sp³-hybridized carbons (Fsp3) is 0.364. The maximum atomic E-state index is 11.3. The molecule has 7 heteroatoms. The number of hydrogen-bond donors (Lipinski definition) is 1. The van der Waals surface area contributed by atoms with Gasteiger partial charge in [-0.3, -0.25) is 4.72 Å². The summed E-state index contributed by atoms with van der Waals surface area (Å²) in [4.78, 5) is 0. The SMILES string of the molecule is N#CCCCOc1cccc(NS(=O)(=O)CCl)c1. The Morgan fingerprint density at radius 3 is 2.89 bits per heavy atom. The number of benzene rings is 1. The molecule has 0 aliphatic heterocycles. The molecule has 1 rings (SSSR count). The smallest absolute Gasteiger partial charge is 0.246 e. The van der Waals surface area contributed by atoms with Crippen molar-refractivity contribution in [3.63, 3.8) is 0 Å². The lowest BCUT2D eigenvalue weighted by molar-refractivity contribution is 0.313. The highest BCUT2D eigenvalue weighted by Crippen LogP contribution is 2.18. The van der Waals surface area contributed by atoms with Crippen molar-refractivity contribution >= 4 is 27.3 Å². The first-order valence-corrected chi connectivity index (χ1v) is 7.42. The van der Waals surface area contributed by atoms with Crippen LogP contribution in [0.2, 0.25) is 0 Å². The fourth-order valence-electron chi connectivity index (χ4n) is 1.20. The van der Waals surface area contributed by atoms with Gasteiger partial charge in [-0.1, -0.05) is 6.07 Å². The molecule has 1 N–H and O–H groups in total. The minimum atomic E-state index is -3.50. The molecule has 0 atom stereocenters. The van der Waals surface area contributed by atoms with Crippen LogP contribution >= 0.6 is 11.6 Å². The number of rotatable bonds is 7. The third kappa shape index (κ3) is 5.25. The first-order valence-electron chi connectivity index (χ1n) is 5.23. The van der Waals surface area contributed by atoms with Crippen LogP contribution in [0.25, 0.3) is 0 Å². The van der Waals surface area contributed by atoms with Crippen molar-refractivity contribution in [2.45, 2.75) is 12.8 Å². The summed E-state index contributed by atoms with van der Waals surface area (Å²) in [6.07, 6.45) is 1.06. The first kappa shape index (κ1) is 14.6. The van der Waals surface area contributed by atoms with Gasteiger partial charge in [-0.25, -0.2) is 8.42 Å². The van der Waals surface area contributed by atoms with Crippen molar-refractivity contribution in [1.82, 2.24) is 0 Å². The second-order valence-corrected chi connectivity index (χ2v) is 5.77. The highest BCUT2D eigenvalue weighted by atomic mass is 35.5. The number of unbranched alkanes of at least 4 members (excludes halogenated alkanes) is 1. The maximum Gasteiger partial charge on any atom is 0.246 e. The number of anilines is 1. The molecule has 5 nitrogen and oxygen atoms in total. The zero-order valence-corrected chi connectivity index (χ0v) is 11.2. The predicted octanol–water partition coefficient (Wildman–Crippen LogP) is 2.31. The molecule has 18 heavy (non-hydrogen) atoms. The topological polar surface area (TPSA) is 79.2 Å². The van der Waals surface area contributed by atoms with Gasteiger partial charge in [0.05, 0.1) is 18.4 Å². The van der Waals surface area contributed by atoms with E-state index < -0.39 is 15.2 Å². The minimum Gasteiger partial charge on any atom is -0.493 e. The van der Waals surface area contributed by atoms with Crippen molar-refractivity contribution in [2.24, 2.45) is 0 Å². The van der Waals surface area contributed by atoms with Crippen molar-refractivity contribution in [1.29, 1.82) is 5.26 Å². The third-order valence-corrected chi connectivity index (χ3v) is 3.65. The Bertz CT molecular complexity index is 525. The minimum absolute atomic E-state index is 0.397. The zero-order valence-electron chi connectivity index (χ0n) is 9.60. The number of sulfonamides is 1. The van der Waals surface area contributed by atoms with Gasteiger partial charge in [0.2, 0.25) is 10.0 Å². The van der Waals surface area contributed by atoms with Gasteiger partial charge in [-0.2, -0.15) is 5.26 Å². The van der Waals surface area contributed by atoms with E-state index in [1.165, 1.54) is 0 Å². The summed E-state index contributed by atoms with van der Waals surface area (Å²) < 4.78 is 30.2. The predicted molar refractivity (Wildman–Crippen MR) is 70.0 cm³/mol. The average Bonchev–Trinajstić information content (AvgIpc) is 2.35. The van der Waals surface area contributed by atoms with Crippen molar-refractivity contribution < 1.29 is 13.2 Å². The molecule has 0 saturated carbocycles. The summed E-state index contributed by atoms with van der Waals surface area (Å²) in [5, 5.41) is 7.87. The van der Waals surface area contributed by atoms with Gasteiger partial charge in [-0.05, 0) is 18.6 Å². The lowest BCUT2D eigenvalue weighted by atomic mass is 10.3. The van der Waals surface area contributed by atoms with Gasteiger partial charge in [0.1, 0.15) is 11.0 Å². The van der Waals surface area contributed by atoms with Crippen LogP contribution in [0.1, 0.15) is 12.8 Å². The Balaban J connectivity index is 2.60. The monoisotopic (exact) mass is 288 g/mol. The maximum absolute atomic E-state index is 11.3. The van der Waals surface area contributed by atoms with Crippen molar-refractivity contribution in [2.75, 3.05) is 16.5 Å². The molecule has 98 valence electrons. The van der Waals surface area contributed by atoms with Crippen LogP contribution in [0, 0.1) is 11.3 Å². The van der Waals surface area contributed by atoms with Gasteiger partial charge in [0.15, 0.2) is 0 Å². The molecule has 0 fully saturated rings. The van der Waals surface area contributed by atoms with Crippen LogP contribution in [0.4, 0.5) is 5.69 Å². The molecule has 0 unspecified atom stereocenters. The lowest BCUT2D eigenvalue weighted by Crippen LogP contribution is -2.13. The number of nitrogens with zero attached hydrogens (tertiary/aromatic N) is 1. The summed E-state index contributed by atoms with van der Waals surface area (Å²) in [5.74, 6) is 0.544. The molecule has 0 aliphatic carbocycles. The Morgan fingerprint density at radius 1 is 1.44 bits per heavy atom. The zero-order chi connectivity index (χ0) is 13.4. The standard InChI is InChI=1S/C11H13ClN2O3S/c12-9-18(15,16)14-10-4-3-5-11(8-10)17-7-2-1-6-13/h3-5,8,14H,1-2,7,9H2. The Morgan fingerprint density at radius 2 is 2.22 bits per heavy atom. The fourth-order valence-corrected chi connectivity index (χ4v) is 1.90. The second kappa shape index (κ2) is 7.09. The molecular weight excluding hydrogens is 276 g/mol. The van der Waals surface area contributed by atoms with Gasteiger partial charge in [0.25, 0.3) is 0 Å².